The maximum absolute atomic E-state index is 4.06. The normalized spacial score (nSPS) is 12.6. The third-order valence-corrected chi connectivity index (χ3v) is 3.40. The number of rotatable bonds is 4. The van der Waals surface area contributed by atoms with Crippen LogP contribution in [0.1, 0.15) is 25.5 Å². The topological polar surface area (TPSA) is 29.9 Å². The lowest BCUT2D eigenvalue weighted by Crippen LogP contribution is -2.17. The van der Waals surface area contributed by atoms with Crippen molar-refractivity contribution in [3.63, 3.8) is 0 Å². The molecule has 1 N–H and O–H groups in total. The molecule has 0 aliphatic rings. The summed E-state index contributed by atoms with van der Waals surface area (Å²) < 4.78 is 3.07. The van der Waals surface area contributed by atoms with Crippen molar-refractivity contribution < 1.29 is 0 Å². The highest BCUT2D eigenvalue weighted by Crippen LogP contribution is 2.25. The maximum Gasteiger partial charge on any atom is 0.0992 e. The Balaban J connectivity index is 2.29. The largest absolute Gasteiger partial charge is 0.310 e. The van der Waals surface area contributed by atoms with Gasteiger partial charge in [0.2, 0.25) is 0 Å². The van der Waals surface area contributed by atoms with Crippen LogP contribution in [0.5, 0.6) is 0 Å². The van der Waals surface area contributed by atoms with Gasteiger partial charge in [-0.15, -0.1) is 0 Å². The monoisotopic (exact) mass is 293 g/mol. The second-order valence-corrected chi connectivity index (χ2v) is 4.81. The van der Waals surface area contributed by atoms with Crippen LogP contribution in [0.2, 0.25) is 0 Å². The molecule has 1 atom stereocenters. The number of imidazole rings is 1. The van der Waals surface area contributed by atoms with Crippen LogP contribution < -0.4 is 5.32 Å². The minimum Gasteiger partial charge on any atom is -0.310 e. The molecule has 1 aromatic heterocycles. The van der Waals surface area contributed by atoms with Crippen molar-refractivity contribution in [2.45, 2.75) is 19.9 Å². The average molecular weight is 294 g/mol. The Morgan fingerprint density at radius 1 is 1.47 bits per heavy atom. The van der Waals surface area contributed by atoms with Crippen molar-refractivity contribution in [2.24, 2.45) is 0 Å². The highest BCUT2D eigenvalue weighted by molar-refractivity contribution is 9.10. The predicted octanol–water partition coefficient (Wildman–Crippen LogP) is 3.31. The van der Waals surface area contributed by atoms with Gasteiger partial charge in [-0.3, -0.25) is 0 Å². The summed E-state index contributed by atoms with van der Waals surface area (Å²) >= 11 is 3.61. The summed E-state index contributed by atoms with van der Waals surface area (Å²) in [4.78, 5) is 4.06. The van der Waals surface area contributed by atoms with Gasteiger partial charge in [0.1, 0.15) is 0 Å². The van der Waals surface area contributed by atoms with Crippen LogP contribution in [0.15, 0.2) is 41.4 Å². The molecule has 0 bridgehead atoms. The van der Waals surface area contributed by atoms with E-state index in [1.165, 1.54) is 5.56 Å². The number of aromatic nitrogens is 2. The Labute approximate surface area is 110 Å². The van der Waals surface area contributed by atoms with E-state index in [-0.39, 0.29) is 0 Å². The summed E-state index contributed by atoms with van der Waals surface area (Å²) in [5.41, 5.74) is 2.39. The third-order valence-electron chi connectivity index (χ3n) is 2.76. The van der Waals surface area contributed by atoms with Crippen molar-refractivity contribution in [3.8, 4) is 5.69 Å². The molecule has 4 heteroatoms. The molecule has 0 amide bonds. The molecular formula is C13H16BrN3. The second-order valence-electron chi connectivity index (χ2n) is 3.96. The van der Waals surface area contributed by atoms with Crippen molar-refractivity contribution in [3.05, 3.63) is 47.0 Å². The van der Waals surface area contributed by atoms with Gasteiger partial charge in [-0.05, 0) is 47.1 Å². The molecule has 0 saturated heterocycles. The van der Waals surface area contributed by atoms with Gasteiger partial charge in [-0.25, -0.2) is 4.98 Å². The SMILES string of the molecule is CCNC(C)c1ccc(-n2ccnc2)c(Br)c1. The number of halogens is 1. The van der Waals surface area contributed by atoms with E-state index in [1.807, 2.05) is 10.8 Å². The fraction of sp³-hybridized carbons (Fsp3) is 0.308. The van der Waals surface area contributed by atoms with E-state index in [4.69, 9.17) is 0 Å². The summed E-state index contributed by atoms with van der Waals surface area (Å²) in [7, 11) is 0. The van der Waals surface area contributed by atoms with Gasteiger partial charge in [0.05, 0.1) is 12.0 Å². The van der Waals surface area contributed by atoms with E-state index in [9.17, 15) is 0 Å². The first-order chi connectivity index (χ1) is 8.22. The molecule has 0 saturated carbocycles. The maximum atomic E-state index is 4.06. The highest BCUT2D eigenvalue weighted by atomic mass is 79.9. The smallest absolute Gasteiger partial charge is 0.0992 e. The van der Waals surface area contributed by atoms with Crippen molar-refractivity contribution in [1.82, 2.24) is 14.9 Å². The van der Waals surface area contributed by atoms with Crippen LogP contribution >= 0.6 is 15.9 Å². The molecule has 2 aromatic rings. The predicted molar refractivity (Wildman–Crippen MR) is 73.4 cm³/mol. The Kier molecular flexibility index (Phi) is 3.97. The zero-order chi connectivity index (χ0) is 12.3. The molecule has 1 heterocycles. The molecule has 2 rings (SSSR count). The van der Waals surface area contributed by atoms with Gasteiger partial charge in [0.25, 0.3) is 0 Å². The van der Waals surface area contributed by atoms with Gasteiger partial charge in [-0.2, -0.15) is 0 Å². The number of hydrogen-bond acceptors (Lipinski definition) is 2. The molecule has 90 valence electrons. The number of hydrogen-bond donors (Lipinski definition) is 1. The molecule has 0 radical (unpaired) electrons. The van der Waals surface area contributed by atoms with E-state index in [0.29, 0.717) is 6.04 Å². The quantitative estimate of drug-likeness (QED) is 0.937. The number of nitrogens with zero attached hydrogens (tertiary/aromatic N) is 2. The number of benzene rings is 1. The molecular weight excluding hydrogens is 278 g/mol. The standard InChI is InChI=1S/C13H16BrN3/c1-3-16-10(2)11-4-5-13(12(14)8-11)17-7-6-15-9-17/h4-10,16H,3H2,1-2H3. The molecule has 0 aliphatic carbocycles. The van der Waals surface area contributed by atoms with E-state index in [0.717, 1.165) is 16.7 Å². The van der Waals surface area contributed by atoms with Gasteiger partial charge in [0.15, 0.2) is 0 Å². The lowest BCUT2D eigenvalue weighted by atomic mass is 10.1. The third kappa shape index (κ3) is 2.76. The minimum atomic E-state index is 0.369. The molecule has 3 nitrogen and oxygen atoms in total. The van der Waals surface area contributed by atoms with Crippen molar-refractivity contribution in [2.75, 3.05) is 6.54 Å². The van der Waals surface area contributed by atoms with Crippen LogP contribution in [0.4, 0.5) is 0 Å². The molecule has 17 heavy (non-hydrogen) atoms. The summed E-state index contributed by atoms with van der Waals surface area (Å²) in [6.45, 7) is 5.26. The van der Waals surface area contributed by atoms with Gasteiger partial charge >= 0.3 is 0 Å². The Hall–Kier alpha value is -1.13. The lowest BCUT2D eigenvalue weighted by molar-refractivity contribution is 0.598. The van der Waals surface area contributed by atoms with Crippen molar-refractivity contribution in [1.29, 1.82) is 0 Å². The van der Waals surface area contributed by atoms with E-state index < -0.39 is 0 Å². The van der Waals surface area contributed by atoms with Gasteiger partial charge < -0.3 is 9.88 Å². The minimum absolute atomic E-state index is 0.369. The van der Waals surface area contributed by atoms with Crippen LogP contribution in [0, 0.1) is 0 Å². The Morgan fingerprint density at radius 3 is 2.88 bits per heavy atom. The van der Waals surface area contributed by atoms with E-state index in [2.05, 4.69) is 58.3 Å². The summed E-state index contributed by atoms with van der Waals surface area (Å²) in [5.74, 6) is 0. The first kappa shape index (κ1) is 12.3. The fourth-order valence-corrected chi connectivity index (χ4v) is 2.43. The fourth-order valence-electron chi connectivity index (χ4n) is 1.83. The molecule has 1 unspecified atom stereocenters. The van der Waals surface area contributed by atoms with Crippen LogP contribution in [0.3, 0.4) is 0 Å². The molecule has 0 aliphatic heterocycles. The Bertz CT molecular complexity index is 479. The summed E-state index contributed by atoms with van der Waals surface area (Å²) in [5, 5.41) is 3.40. The van der Waals surface area contributed by atoms with Crippen LogP contribution in [0.25, 0.3) is 5.69 Å². The van der Waals surface area contributed by atoms with Crippen LogP contribution in [-0.4, -0.2) is 16.1 Å². The first-order valence-corrected chi connectivity index (χ1v) is 6.53. The van der Waals surface area contributed by atoms with E-state index >= 15 is 0 Å². The Morgan fingerprint density at radius 2 is 2.29 bits per heavy atom. The zero-order valence-electron chi connectivity index (χ0n) is 10.0. The molecule has 1 aromatic carbocycles. The lowest BCUT2D eigenvalue weighted by Gasteiger charge is -2.14. The summed E-state index contributed by atoms with van der Waals surface area (Å²) in [6.07, 6.45) is 5.52. The average Bonchev–Trinajstić information content (AvgIpc) is 2.82. The highest BCUT2D eigenvalue weighted by Gasteiger charge is 2.07. The second kappa shape index (κ2) is 5.47. The molecule has 0 fully saturated rings. The van der Waals surface area contributed by atoms with Gasteiger partial charge in [0, 0.05) is 22.9 Å². The zero-order valence-corrected chi connectivity index (χ0v) is 11.6. The number of nitrogens with one attached hydrogen (secondary N) is 1. The summed E-state index contributed by atoms with van der Waals surface area (Å²) in [6, 6.07) is 6.78. The van der Waals surface area contributed by atoms with Crippen LogP contribution in [-0.2, 0) is 0 Å². The van der Waals surface area contributed by atoms with Gasteiger partial charge in [-0.1, -0.05) is 13.0 Å². The van der Waals surface area contributed by atoms with E-state index in [1.54, 1.807) is 12.5 Å². The molecule has 0 spiro atoms. The first-order valence-electron chi connectivity index (χ1n) is 5.73. The van der Waals surface area contributed by atoms with Crippen molar-refractivity contribution >= 4 is 15.9 Å².